The van der Waals surface area contributed by atoms with Crippen molar-refractivity contribution < 1.29 is 22.7 Å². The molecule has 0 fully saturated rings. The lowest BCUT2D eigenvalue weighted by Gasteiger charge is -2.34. The Morgan fingerprint density at radius 1 is 1.00 bits per heavy atom. The molecule has 220 valence electrons. The Kier molecular flexibility index (Phi) is 10.6. The summed E-state index contributed by atoms with van der Waals surface area (Å²) in [5, 5.41) is 2.97. The van der Waals surface area contributed by atoms with Crippen LogP contribution in [0.25, 0.3) is 0 Å². The second-order valence-corrected chi connectivity index (χ2v) is 13.6. The Hall–Kier alpha value is -3.37. The summed E-state index contributed by atoms with van der Waals surface area (Å²) in [6.45, 7) is 8.89. The molecule has 0 aliphatic rings. The summed E-state index contributed by atoms with van der Waals surface area (Å²) >= 11 is 3.42. The van der Waals surface area contributed by atoms with Crippen molar-refractivity contribution in [1.29, 1.82) is 0 Å². The van der Waals surface area contributed by atoms with Crippen LogP contribution in [0, 0.1) is 6.92 Å². The fourth-order valence-corrected chi connectivity index (χ4v) is 6.13. The van der Waals surface area contributed by atoms with Crippen molar-refractivity contribution in [2.24, 2.45) is 0 Å². The molecule has 0 spiro atoms. The molecule has 0 radical (unpaired) electrons. The zero-order valence-electron chi connectivity index (χ0n) is 24.3. The Morgan fingerprint density at radius 2 is 1.66 bits per heavy atom. The van der Waals surface area contributed by atoms with Crippen LogP contribution in [0.4, 0.5) is 5.69 Å². The fraction of sp³-hybridized carbons (Fsp3) is 0.355. The number of benzene rings is 3. The maximum Gasteiger partial charge on any atom is 0.264 e. The molecule has 0 saturated carbocycles. The quantitative estimate of drug-likeness (QED) is 0.290. The molecule has 0 aliphatic carbocycles. The minimum Gasteiger partial charge on any atom is -0.497 e. The monoisotopic (exact) mass is 643 g/mol. The topological polar surface area (TPSA) is 96.0 Å². The molecule has 0 unspecified atom stereocenters. The number of hydrogen-bond donors (Lipinski definition) is 1. The number of anilines is 1. The summed E-state index contributed by atoms with van der Waals surface area (Å²) in [5.41, 5.74) is 1.46. The van der Waals surface area contributed by atoms with Crippen molar-refractivity contribution in [3.63, 3.8) is 0 Å². The van der Waals surface area contributed by atoms with E-state index in [4.69, 9.17) is 4.74 Å². The Balaban J connectivity index is 2.08. The highest BCUT2D eigenvalue weighted by Crippen LogP contribution is 2.27. The number of amides is 2. The Labute approximate surface area is 251 Å². The van der Waals surface area contributed by atoms with Crippen molar-refractivity contribution in [3.8, 4) is 5.75 Å². The van der Waals surface area contributed by atoms with E-state index in [2.05, 4.69) is 21.2 Å². The first-order chi connectivity index (χ1) is 19.2. The molecule has 3 aromatic carbocycles. The van der Waals surface area contributed by atoms with Crippen molar-refractivity contribution >= 4 is 43.5 Å². The number of carbonyl (C=O) groups is 2. The molecule has 3 rings (SSSR count). The minimum atomic E-state index is -4.14. The van der Waals surface area contributed by atoms with Gasteiger partial charge in [0.05, 0.1) is 17.7 Å². The lowest BCUT2D eigenvalue weighted by molar-refractivity contribution is -0.141. The molecule has 41 heavy (non-hydrogen) atoms. The highest BCUT2D eigenvalue weighted by molar-refractivity contribution is 9.10. The van der Waals surface area contributed by atoms with Gasteiger partial charge in [0.25, 0.3) is 10.0 Å². The van der Waals surface area contributed by atoms with Crippen LogP contribution >= 0.6 is 15.9 Å². The van der Waals surface area contributed by atoms with Crippen molar-refractivity contribution in [2.45, 2.75) is 64.1 Å². The van der Waals surface area contributed by atoms with Crippen LogP contribution in [0.1, 0.15) is 45.2 Å². The molecule has 10 heteroatoms. The van der Waals surface area contributed by atoms with Gasteiger partial charge in [-0.05, 0) is 82.1 Å². The largest absolute Gasteiger partial charge is 0.497 e. The summed E-state index contributed by atoms with van der Waals surface area (Å²) in [6, 6.07) is 19.7. The van der Waals surface area contributed by atoms with E-state index in [9.17, 15) is 18.0 Å². The van der Waals surface area contributed by atoms with E-state index in [0.717, 1.165) is 15.4 Å². The third-order valence-corrected chi connectivity index (χ3v) is 8.64. The summed E-state index contributed by atoms with van der Waals surface area (Å²) in [5.74, 6) is -0.217. The molecule has 0 heterocycles. The van der Waals surface area contributed by atoms with Gasteiger partial charge in [-0.15, -0.1) is 0 Å². The molecule has 0 bridgehead atoms. The van der Waals surface area contributed by atoms with Gasteiger partial charge in [-0.2, -0.15) is 0 Å². The first-order valence-corrected chi connectivity index (χ1v) is 15.6. The number of halogens is 1. The zero-order valence-corrected chi connectivity index (χ0v) is 26.8. The molecular weight excluding hydrogens is 606 g/mol. The van der Waals surface area contributed by atoms with E-state index in [1.165, 1.54) is 17.0 Å². The molecule has 0 aromatic heterocycles. The highest BCUT2D eigenvalue weighted by atomic mass is 79.9. The molecular formula is C31H38BrN3O5S. The number of hydrogen-bond acceptors (Lipinski definition) is 5. The maximum absolute atomic E-state index is 14.2. The molecule has 1 N–H and O–H groups in total. The molecule has 0 saturated heterocycles. The van der Waals surface area contributed by atoms with Crippen LogP contribution < -0.4 is 14.4 Å². The average molecular weight is 645 g/mol. The van der Waals surface area contributed by atoms with Crippen LogP contribution in [-0.2, 0) is 26.2 Å². The molecule has 2 amide bonds. The number of sulfonamides is 1. The van der Waals surface area contributed by atoms with E-state index >= 15 is 0 Å². The predicted molar refractivity (Wildman–Crippen MR) is 165 cm³/mol. The fourth-order valence-electron chi connectivity index (χ4n) is 4.34. The van der Waals surface area contributed by atoms with Gasteiger partial charge in [-0.1, -0.05) is 58.7 Å². The smallest absolute Gasteiger partial charge is 0.264 e. The van der Waals surface area contributed by atoms with Crippen LogP contribution in [0.2, 0.25) is 0 Å². The number of carbonyl (C=O) groups excluding carboxylic acids is 2. The first-order valence-electron chi connectivity index (χ1n) is 13.3. The summed E-state index contributed by atoms with van der Waals surface area (Å²) in [7, 11) is -2.58. The van der Waals surface area contributed by atoms with E-state index in [0.29, 0.717) is 22.3 Å². The van der Waals surface area contributed by atoms with Gasteiger partial charge in [0.1, 0.15) is 18.3 Å². The molecule has 1 atom stereocenters. The van der Waals surface area contributed by atoms with Crippen LogP contribution in [0.3, 0.4) is 0 Å². The standard InChI is InChI=1S/C31H38BrN3O5S/c1-7-28(30(37)33-31(3,4)5)34(20-23-10-8-13-26(18-23)40-6)29(36)21-35(25-12-9-11-24(32)19-25)41(38,39)27-16-14-22(2)15-17-27/h8-19,28H,7,20-21H2,1-6H3,(H,33,37)/t28-/m0/s1. The van der Waals surface area contributed by atoms with Gasteiger partial charge in [0, 0.05) is 16.6 Å². The predicted octanol–water partition coefficient (Wildman–Crippen LogP) is 5.68. The number of ether oxygens (including phenoxy) is 1. The van der Waals surface area contributed by atoms with Gasteiger partial charge < -0.3 is 15.0 Å². The number of aryl methyl sites for hydroxylation is 1. The van der Waals surface area contributed by atoms with E-state index in [1.807, 2.05) is 46.8 Å². The number of rotatable bonds is 11. The third kappa shape index (κ3) is 8.56. The van der Waals surface area contributed by atoms with E-state index < -0.39 is 34.1 Å². The first kappa shape index (κ1) is 32.1. The lowest BCUT2D eigenvalue weighted by atomic mass is 10.1. The van der Waals surface area contributed by atoms with Gasteiger partial charge in [-0.3, -0.25) is 13.9 Å². The van der Waals surface area contributed by atoms with Crippen LogP contribution in [-0.4, -0.2) is 50.4 Å². The minimum absolute atomic E-state index is 0.0627. The summed E-state index contributed by atoms with van der Waals surface area (Å²) < 4.78 is 35.0. The van der Waals surface area contributed by atoms with Gasteiger partial charge in [-0.25, -0.2) is 8.42 Å². The SMILES string of the molecule is CC[C@@H](C(=O)NC(C)(C)C)N(Cc1cccc(OC)c1)C(=O)CN(c1cccc(Br)c1)S(=O)(=O)c1ccc(C)cc1. The van der Waals surface area contributed by atoms with Crippen molar-refractivity contribution in [1.82, 2.24) is 10.2 Å². The molecule has 0 aliphatic heterocycles. The average Bonchev–Trinajstić information content (AvgIpc) is 2.90. The second-order valence-electron chi connectivity index (χ2n) is 10.8. The molecule has 8 nitrogen and oxygen atoms in total. The van der Waals surface area contributed by atoms with Crippen LogP contribution in [0.15, 0.2) is 82.2 Å². The van der Waals surface area contributed by atoms with Gasteiger partial charge in [0.15, 0.2) is 0 Å². The number of methoxy groups -OCH3 is 1. The number of nitrogens with one attached hydrogen (secondary N) is 1. The van der Waals surface area contributed by atoms with Gasteiger partial charge >= 0.3 is 0 Å². The zero-order chi connectivity index (χ0) is 30.4. The highest BCUT2D eigenvalue weighted by Gasteiger charge is 2.34. The van der Waals surface area contributed by atoms with E-state index in [1.54, 1.807) is 55.6 Å². The summed E-state index contributed by atoms with van der Waals surface area (Å²) in [6.07, 6.45) is 0.333. The van der Waals surface area contributed by atoms with Crippen molar-refractivity contribution in [3.05, 3.63) is 88.4 Å². The Morgan fingerprint density at radius 3 is 2.24 bits per heavy atom. The van der Waals surface area contributed by atoms with E-state index in [-0.39, 0.29) is 17.3 Å². The Bertz CT molecular complexity index is 1470. The summed E-state index contributed by atoms with van der Waals surface area (Å²) in [4.78, 5) is 29.1. The lowest BCUT2D eigenvalue weighted by Crippen LogP contribution is -2.55. The van der Waals surface area contributed by atoms with Crippen molar-refractivity contribution in [2.75, 3.05) is 18.0 Å². The van der Waals surface area contributed by atoms with Crippen LogP contribution in [0.5, 0.6) is 5.75 Å². The third-order valence-electron chi connectivity index (χ3n) is 6.36. The number of nitrogens with zero attached hydrogens (tertiary/aromatic N) is 2. The van der Waals surface area contributed by atoms with Gasteiger partial charge in [0.2, 0.25) is 11.8 Å². The maximum atomic E-state index is 14.2. The molecule has 3 aromatic rings. The normalized spacial score (nSPS) is 12.4. The second kappa shape index (κ2) is 13.5.